The van der Waals surface area contributed by atoms with Crippen LogP contribution in [0.4, 0.5) is 0 Å². The van der Waals surface area contributed by atoms with Crippen LogP contribution in [0, 0.1) is 169 Å². The Bertz CT molecular complexity index is 8750. The highest BCUT2D eigenvalue weighted by Crippen LogP contribution is 2.37. The van der Waals surface area contributed by atoms with Gasteiger partial charge in [-0.3, -0.25) is 43.2 Å². The molecule has 0 radical (unpaired) electrons. The lowest BCUT2D eigenvalue weighted by atomic mass is 9.89. The van der Waals surface area contributed by atoms with Crippen molar-refractivity contribution in [3.63, 3.8) is 0 Å². The smallest absolute Gasteiger partial charge is 0.309 e. The summed E-state index contributed by atoms with van der Waals surface area (Å²) in [6.45, 7) is -26.0. The number of ether oxygens (including phenoxy) is 9. The molecule has 9 aromatic heterocycles. The van der Waals surface area contributed by atoms with Crippen molar-refractivity contribution in [2.75, 3.05) is 59.3 Å². The van der Waals surface area contributed by atoms with Crippen LogP contribution in [-0.4, -0.2) is 199 Å². The minimum Gasteiger partial charge on any atom is -0.465 e. The summed E-state index contributed by atoms with van der Waals surface area (Å²) < 4.78 is 546. The molecule has 9 aliphatic heterocycles. The third-order valence-corrected chi connectivity index (χ3v) is 25.3. The van der Waals surface area contributed by atoms with Crippen LogP contribution in [0.3, 0.4) is 0 Å². The molecule has 0 unspecified atom stereocenters. The number of aromatic nitrogens is 18. The Balaban J connectivity index is 0.000000232. The van der Waals surface area contributed by atoms with Gasteiger partial charge >= 0.3 is 53.7 Å². The number of carbonyl (C=O) groups excluding carboxylic acids is 9. The highest BCUT2D eigenvalue weighted by atomic mass is 16.6. The van der Waals surface area contributed by atoms with Crippen LogP contribution in [-0.2, 0) is 207 Å². The van der Waals surface area contributed by atoms with Gasteiger partial charge in [-0.1, -0.05) is 61.7 Å². The molecule has 36 heteroatoms. The topological polar surface area (TPSA) is 397 Å². The molecular weight excluding hydrogens is 1840 g/mol. The number of nitrogens with zero attached hydrogens (tertiary/aromatic N) is 18. The van der Waals surface area contributed by atoms with E-state index in [2.05, 4.69) is 54.3 Å². The fourth-order valence-corrected chi connectivity index (χ4v) is 15.3. The average Bonchev–Trinajstić information content (AvgIpc) is 1.54. The van der Waals surface area contributed by atoms with Crippen LogP contribution >= 0.6 is 0 Å². The van der Waals surface area contributed by atoms with Crippen LogP contribution in [0.1, 0.15) is 311 Å². The van der Waals surface area contributed by atoms with E-state index < -0.39 is 333 Å². The second kappa shape index (κ2) is 53.3. The molecule has 18 rings (SSSR count). The second-order valence-electron chi connectivity index (χ2n) is 34.1. The molecule has 18 atom stereocenters. The quantitative estimate of drug-likeness (QED) is 0.0341. The molecule has 9 fully saturated rings. The number of aryl methyl sites for hydroxylation is 9. The molecule has 9 aliphatic rings. The summed E-state index contributed by atoms with van der Waals surface area (Å²) in [4.78, 5) is 143. The molecule has 9 saturated heterocycles. The van der Waals surface area contributed by atoms with Crippen LogP contribution < -0.4 is 0 Å². The normalized spacial score (nSPS) is 38.2. The van der Waals surface area contributed by atoms with Gasteiger partial charge in [0.05, 0.1) is 133 Å². The molecule has 0 saturated carbocycles. The van der Waals surface area contributed by atoms with Crippen molar-refractivity contribution in [3.05, 3.63) is 159 Å². The van der Waals surface area contributed by atoms with Crippen molar-refractivity contribution in [2.24, 2.45) is 170 Å². The zero-order valence-corrected chi connectivity index (χ0v) is 82.2. The van der Waals surface area contributed by atoms with Gasteiger partial charge in [0.2, 0.25) is 0 Å². The fourth-order valence-electron chi connectivity index (χ4n) is 15.3. The summed E-state index contributed by atoms with van der Waals surface area (Å²) in [6.07, 6.45) is -13.3. The first-order chi connectivity index (χ1) is 93.3. The molecule has 36 nitrogen and oxygen atoms in total. The van der Waals surface area contributed by atoms with Crippen molar-refractivity contribution in [1.29, 1.82) is 0 Å². The van der Waals surface area contributed by atoms with E-state index in [4.69, 9.17) is 121 Å². The average molecular weight is 2060 g/mol. The second-order valence-corrected chi connectivity index (χ2v) is 34.1. The van der Waals surface area contributed by atoms with Crippen molar-refractivity contribution in [1.82, 2.24) is 86.0 Å². The first-order valence-electron chi connectivity index (χ1n) is 77.1. The van der Waals surface area contributed by atoms with Gasteiger partial charge in [0.15, 0.2) is 0 Å². The number of cyclic esters (lactones) is 9. The zero-order valence-electron chi connectivity index (χ0n) is 146. The van der Waals surface area contributed by atoms with E-state index in [9.17, 15) is 43.2 Å². The van der Waals surface area contributed by atoms with Crippen LogP contribution in [0.5, 0.6) is 0 Å². The van der Waals surface area contributed by atoms with Gasteiger partial charge in [0, 0.05) is 290 Å². The number of hydrogen-bond acceptors (Lipinski definition) is 27. The third-order valence-electron chi connectivity index (χ3n) is 25.3. The molecule has 0 aromatic carbocycles. The Hall–Kier alpha value is -11.9. The fraction of sp³-hybridized carbons (Fsp3) is 0.667. The zero-order chi connectivity index (χ0) is 160. The predicted molar refractivity (Wildman–Crippen MR) is 539 cm³/mol. The monoisotopic (exact) mass is 2060 g/mol. The van der Waals surface area contributed by atoms with E-state index in [1.54, 1.807) is 107 Å². The SMILES string of the molecule is [2H]c1nc(C)n(C([2H])([2H])[2H])c1C[C@H]1COC(=O)[C@@]1([2H])C([2H])([2H])C([2H])([2H])[2H].[2H]c1nc(C)n(C([2H])([2H])[2H])c1C[C@H]1COC(=O)[C@@]1([2H])CC([2H])([2H])[2H].[2H]c1nc(C)n(C([2H])([2H])[2H])c1C[C@H]1COC(=O)[C@H]1CC([2H])([2H])[2H].[2H]c1nc(C)n(C)c1C[C@@H]1[C@H](CC([2H])([2H])[2H])C(=O)OC1([2H])[2H].[2H]c1nc(C)n(C)c1C[C@@]1([2H])COC(=O)[C@@]1([2H])CC([2H])([2H])[2H].[2H]c1nc(C)n(C)c1C[C@@]1([2H])COC(=O)[C@@]1([2H])CC([2H])([2H])[2H].[2H]c1nc(C)n(C)c1C[C@@]1([2H])COC(=O)[C@H]1CC([2H])([2H])[2H].[2H]c1nc(C)n(C)c1C[C@H]1C([2H])([2H])OC(=O)[C@@]1([2H])C([2H])([2H])C([2H])([2H])[2H].[2H]c1nc(C)n(C)c1C[C@H]1C([2H])([2H])OC(=O)[C@@]1([2H])CC([2H])([2H])[2H]. The molecule has 0 aliphatic carbocycles. The highest BCUT2D eigenvalue weighted by molar-refractivity contribution is 5.78. The highest BCUT2D eigenvalue weighted by Gasteiger charge is 2.44. The maximum absolute atomic E-state index is 12.2. The first kappa shape index (κ1) is 54.0. The maximum Gasteiger partial charge on any atom is 0.309 e. The number of carbonyl (C=O) groups is 9. The van der Waals surface area contributed by atoms with E-state index in [1.807, 2.05) is 0 Å². The van der Waals surface area contributed by atoms with E-state index >= 15 is 0 Å². The molecule has 0 amide bonds. The Morgan fingerprint density at radius 2 is 0.479 bits per heavy atom. The van der Waals surface area contributed by atoms with Crippen molar-refractivity contribution in [2.45, 2.75) is 239 Å². The molecular formula is C108H162N18O18. The lowest BCUT2D eigenvalue weighted by molar-refractivity contribution is -0.142. The van der Waals surface area contributed by atoms with Gasteiger partial charge in [-0.05, 0) is 178 Å². The van der Waals surface area contributed by atoms with Gasteiger partial charge < -0.3 is 83.7 Å². The molecule has 144 heavy (non-hydrogen) atoms. The summed E-state index contributed by atoms with van der Waals surface area (Å²) in [5, 5.41) is 0. The van der Waals surface area contributed by atoms with Crippen molar-refractivity contribution in [3.8, 4) is 0 Å². The molecule has 18 heterocycles. The van der Waals surface area contributed by atoms with Crippen LogP contribution in [0.2, 0.25) is 0 Å². The number of imidazole rings is 9. The van der Waals surface area contributed by atoms with Crippen LogP contribution in [0.15, 0.2) is 55.6 Å². The minimum absolute atomic E-state index is 0.00258. The summed E-state index contributed by atoms with van der Waals surface area (Å²) in [7, 11) is 9.96. The largest absolute Gasteiger partial charge is 0.465 e. The molecule has 0 N–H and O–H groups in total. The predicted octanol–water partition coefficient (Wildman–Crippen LogP) is 13.2. The van der Waals surface area contributed by atoms with Crippen LogP contribution in [0.25, 0.3) is 0 Å². The van der Waals surface area contributed by atoms with Crippen molar-refractivity contribution >= 4 is 53.7 Å². The molecule has 792 valence electrons. The summed E-state index contributed by atoms with van der Waals surface area (Å²) in [6, 6.07) is 0. The Morgan fingerprint density at radius 1 is 0.257 bits per heavy atom. The van der Waals surface area contributed by atoms with E-state index in [0.717, 1.165) is 13.7 Å². The van der Waals surface area contributed by atoms with E-state index in [1.165, 1.54) is 25.3 Å². The standard InChI is InChI=1S/9C12H18N2O2/c9*1-4-11-9(7-16-12(11)15)5-10-6-13-8(2)14(10)3/h9*6,9,11H,4-5,7H2,1-3H3/t9*9-,11-/m000000000/s1/i1D3,4D2,6D,7D2,11D;1D3,3D3,4D2,6D,11D;2*1D3,6D,9D,11D;1D3,6D,7D2,11D;1D3,3D3,6D,11D;1D3,6D,9D;1D3,6D,7D2;1D3,3D3,6D. The first-order valence-corrected chi connectivity index (χ1v) is 45.1. The van der Waals surface area contributed by atoms with E-state index in [0.29, 0.717) is 63.4 Å². The van der Waals surface area contributed by atoms with Gasteiger partial charge in [0.1, 0.15) is 52.4 Å². The van der Waals surface area contributed by atoms with Gasteiger partial charge in [-0.2, -0.15) is 0 Å². The summed E-state index contributed by atoms with van der Waals surface area (Å²) >= 11 is 0. The Kier molecular flexibility index (Phi) is 20.0. The van der Waals surface area contributed by atoms with Gasteiger partial charge in [-0.15, -0.1) is 0 Å². The Morgan fingerprint density at radius 3 is 0.854 bits per heavy atom. The Labute approximate surface area is 940 Å². The maximum atomic E-state index is 12.2. The molecule has 0 bridgehead atoms. The number of esters is 9. The molecule has 0 spiro atoms. The summed E-state index contributed by atoms with van der Waals surface area (Å²) in [5.74, 6) is -34.4. The van der Waals surface area contributed by atoms with Crippen molar-refractivity contribution < 1.29 is 174 Å². The summed E-state index contributed by atoms with van der Waals surface area (Å²) in [5.41, 5.74) is 2.29. The minimum atomic E-state index is -3.36. The lowest BCUT2D eigenvalue weighted by Gasteiger charge is -2.13. The number of hydrogen-bond donors (Lipinski definition) is 0. The lowest BCUT2D eigenvalue weighted by Crippen LogP contribution is -2.18. The van der Waals surface area contributed by atoms with E-state index in [-0.39, 0.29) is 180 Å². The van der Waals surface area contributed by atoms with Gasteiger partial charge in [0.25, 0.3) is 0 Å². The third kappa shape index (κ3) is 28.5. The van der Waals surface area contributed by atoms with Gasteiger partial charge in [-0.25, -0.2) is 44.9 Å². The number of rotatable bonds is 27. The molecule has 9 aromatic rings.